The Bertz CT molecular complexity index is 636. The van der Waals surface area contributed by atoms with Gasteiger partial charge in [0.25, 0.3) is 5.56 Å². The molecule has 17 heavy (non-hydrogen) atoms. The zero-order chi connectivity index (χ0) is 12.4. The third-order valence-electron chi connectivity index (χ3n) is 2.23. The summed E-state index contributed by atoms with van der Waals surface area (Å²) in [6.07, 6.45) is 0. The van der Waals surface area contributed by atoms with Gasteiger partial charge in [0, 0.05) is 5.69 Å². The Balaban J connectivity index is 2.50. The van der Waals surface area contributed by atoms with Crippen LogP contribution in [0.25, 0.3) is 10.9 Å². The molecule has 2 aromatic rings. The first-order valence-electron chi connectivity index (χ1n) is 4.96. The molecular formula is C11H10ClN3O2. The van der Waals surface area contributed by atoms with Crippen LogP contribution in [0.4, 0.5) is 5.69 Å². The molecule has 0 fully saturated rings. The van der Waals surface area contributed by atoms with Gasteiger partial charge in [-0.3, -0.25) is 9.59 Å². The number of benzene rings is 1. The molecule has 0 radical (unpaired) electrons. The van der Waals surface area contributed by atoms with Crippen LogP contribution in [-0.2, 0) is 4.79 Å². The summed E-state index contributed by atoms with van der Waals surface area (Å²) in [5, 5.41) is 3.01. The van der Waals surface area contributed by atoms with Crippen molar-refractivity contribution in [3.05, 3.63) is 34.4 Å². The van der Waals surface area contributed by atoms with E-state index in [4.69, 9.17) is 11.6 Å². The summed E-state index contributed by atoms with van der Waals surface area (Å²) in [7, 11) is 0. The van der Waals surface area contributed by atoms with Gasteiger partial charge in [-0.2, -0.15) is 0 Å². The Hall–Kier alpha value is -1.88. The van der Waals surface area contributed by atoms with E-state index in [2.05, 4.69) is 15.3 Å². The highest BCUT2D eigenvalue weighted by Gasteiger charge is 2.05. The second-order valence-corrected chi connectivity index (χ2v) is 3.83. The average molecular weight is 252 g/mol. The zero-order valence-corrected chi connectivity index (χ0v) is 9.84. The van der Waals surface area contributed by atoms with E-state index < -0.39 is 0 Å². The normalized spacial score (nSPS) is 10.5. The highest BCUT2D eigenvalue weighted by Crippen LogP contribution is 2.14. The van der Waals surface area contributed by atoms with Crippen LogP contribution < -0.4 is 10.9 Å². The van der Waals surface area contributed by atoms with Crippen molar-refractivity contribution >= 4 is 34.1 Å². The number of hydrogen-bond acceptors (Lipinski definition) is 3. The summed E-state index contributed by atoms with van der Waals surface area (Å²) < 4.78 is 0. The molecule has 1 amide bonds. The van der Waals surface area contributed by atoms with Crippen LogP contribution in [0.1, 0.15) is 5.82 Å². The van der Waals surface area contributed by atoms with Crippen LogP contribution in [0.5, 0.6) is 0 Å². The van der Waals surface area contributed by atoms with Gasteiger partial charge in [0.15, 0.2) is 0 Å². The van der Waals surface area contributed by atoms with Crippen LogP contribution in [0, 0.1) is 6.92 Å². The highest BCUT2D eigenvalue weighted by molar-refractivity contribution is 6.29. The Kier molecular flexibility index (Phi) is 3.10. The van der Waals surface area contributed by atoms with Crippen molar-refractivity contribution < 1.29 is 4.79 Å². The van der Waals surface area contributed by atoms with Gasteiger partial charge in [0.2, 0.25) is 5.91 Å². The lowest BCUT2D eigenvalue weighted by Crippen LogP contribution is -2.14. The van der Waals surface area contributed by atoms with Gasteiger partial charge in [-0.1, -0.05) is 0 Å². The van der Waals surface area contributed by atoms with Crippen LogP contribution in [-0.4, -0.2) is 21.8 Å². The maximum atomic E-state index is 11.7. The van der Waals surface area contributed by atoms with Crippen molar-refractivity contribution in [2.45, 2.75) is 6.92 Å². The first-order valence-corrected chi connectivity index (χ1v) is 5.50. The van der Waals surface area contributed by atoms with Gasteiger partial charge >= 0.3 is 0 Å². The molecule has 5 nitrogen and oxygen atoms in total. The predicted octanol–water partition coefficient (Wildman–Crippen LogP) is 1.41. The van der Waals surface area contributed by atoms with Gasteiger partial charge in [0.05, 0.1) is 10.9 Å². The third kappa shape index (κ3) is 2.45. The van der Waals surface area contributed by atoms with E-state index in [1.165, 1.54) is 0 Å². The monoisotopic (exact) mass is 251 g/mol. The molecule has 0 unspecified atom stereocenters. The molecule has 0 bridgehead atoms. The lowest BCUT2D eigenvalue weighted by atomic mass is 10.2. The SMILES string of the molecule is Cc1nc2ccc(NC(=O)CCl)cc2c(=O)[nH]1. The number of alkyl halides is 1. The van der Waals surface area contributed by atoms with Crippen molar-refractivity contribution in [1.29, 1.82) is 0 Å². The van der Waals surface area contributed by atoms with Gasteiger partial charge in [-0.15, -0.1) is 11.6 Å². The third-order valence-corrected chi connectivity index (χ3v) is 2.47. The molecule has 88 valence electrons. The van der Waals surface area contributed by atoms with E-state index in [1.54, 1.807) is 25.1 Å². The summed E-state index contributed by atoms with van der Waals surface area (Å²) in [4.78, 5) is 29.6. The van der Waals surface area contributed by atoms with Crippen LogP contribution in [0.3, 0.4) is 0 Å². The number of aromatic nitrogens is 2. The highest BCUT2D eigenvalue weighted by atomic mass is 35.5. The number of carbonyl (C=O) groups is 1. The Morgan fingerprint density at radius 2 is 2.29 bits per heavy atom. The standard InChI is InChI=1S/C11H10ClN3O2/c1-6-13-9-3-2-7(15-10(16)5-12)4-8(9)11(17)14-6/h2-4H,5H2,1H3,(H,15,16)(H,13,14,17). The smallest absolute Gasteiger partial charge is 0.258 e. The second kappa shape index (κ2) is 4.55. The molecule has 2 rings (SSSR count). The molecule has 1 heterocycles. The maximum Gasteiger partial charge on any atom is 0.258 e. The molecule has 0 atom stereocenters. The second-order valence-electron chi connectivity index (χ2n) is 3.57. The molecule has 2 N–H and O–H groups in total. The molecular weight excluding hydrogens is 242 g/mol. The molecule has 0 saturated carbocycles. The number of amides is 1. The number of rotatable bonds is 2. The first kappa shape index (κ1) is 11.6. The molecule has 6 heteroatoms. The zero-order valence-electron chi connectivity index (χ0n) is 9.08. The van der Waals surface area contributed by atoms with E-state index in [9.17, 15) is 9.59 Å². The van der Waals surface area contributed by atoms with Crippen LogP contribution >= 0.6 is 11.6 Å². The summed E-state index contributed by atoms with van der Waals surface area (Å²) >= 11 is 5.38. The number of nitrogens with one attached hydrogen (secondary N) is 2. The fourth-order valence-electron chi connectivity index (χ4n) is 1.53. The van der Waals surface area contributed by atoms with Gasteiger partial charge in [-0.05, 0) is 25.1 Å². The minimum absolute atomic E-state index is 0.124. The van der Waals surface area contributed by atoms with Gasteiger partial charge in [-0.25, -0.2) is 4.98 Å². The number of H-pyrrole nitrogens is 1. The van der Waals surface area contributed by atoms with Gasteiger partial charge in [0.1, 0.15) is 11.7 Å². The van der Waals surface area contributed by atoms with E-state index in [1.807, 2.05) is 0 Å². The average Bonchev–Trinajstić information content (AvgIpc) is 2.29. The number of carbonyl (C=O) groups excluding carboxylic acids is 1. The van der Waals surface area contributed by atoms with Crippen molar-refractivity contribution in [2.75, 3.05) is 11.2 Å². The minimum Gasteiger partial charge on any atom is -0.325 e. The topological polar surface area (TPSA) is 74.8 Å². The van der Waals surface area contributed by atoms with E-state index in [0.717, 1.165) is 0 Å². The summed E-state index contributed by atoms with van der Waals surface area (Å²) in [6.45, 7) is 1.71. The number of fused-ring (bicyclic) bond motifs is 1. The number of halogens is 1. The van der Waals surface area contributed by atoms with Crippen molar-refractivity contribution in [3.8, 4) is 0 Å². The van der Waals surface area contributed by atoms with Crippen molar-refractivity contribution in [2.24, 2.45) is 0 Å². The fraction of sp³-hybridized carbons (Fsp3) is 0.182. The molecule has 0 aliphatic rings. The Labute approximate surface area is 102 Å². The number of nitrogens with zero attached hydrogens (tertiary/aromatic N) is 1. The number of aromatic amines is 1. The maximum absolute atomic E-state index is 11.7. The predicted molar refractivity (Wildman–Crippen MR) is 66.5 cm³/mol. The Morgan fingerprint density at radius 1 is 1.53 bits per heavy atom. The van der Waals surface area contributed by atoms with Crippen LogP contribution in [0.15, 0.2) is 23.0 Å². The summed E-state index contributed by atoms with van der Waals surface area (Å²) in [5.74, 6) is 0.114. The van der Waals surface area contributed by atoms with E-state index in [0.29, 0.717) is 22.4 Å². The number of anilines is 1. The lowest BCUT2D eigenvalue weighted by Gasteiger charge is -2.04. The quantitative estimate of drug-likeness (QED) is 0.793. The molecule has 1 aromatic heterocycles. The summed E-state index contributed by atoms with van der Waals surface area (Å²) in [5.41, 5.74) is 0.892. The largest absolute Gasteiger partial charge is 0.325 e. The Morgan fingerprint density at radius 3 is 3.00 bits per heavy atom. The van der Waals surface area contributed by atoms with Crippen molar-refractivity contribution in [3.63, 3.8) is 0 Å². The lowest BCUT2D eigenvalue weighted by molar-refractivity contribution is -0.113. The molecule has 0 saturated heterocycles. The van der Waals surface area contributed by atoms with E-state index >= 15 is 0 Å². The number of hydrogen-bond donors (Lipinski definition) is 2. The van der Waals surface area contributed by atoms with Crippen molar-refractivity contribution in [1.82, 2.24) is 9.97 Å². The molecule has 0 aliphatic carbocycles. The minimum atomic E-state index is -0.317. The summed E-state index contributed by atoms with van der Waals surface area (Å²) in [6, 6.07) is 4.94. The fourth-order valence-corrected chi connectivity index (χ4v) is 1.59. The molecule has 0 spiro atoms. The molecule has 0 aliphatic heterocycles. The van der Waals surface area contributed by atoms with Crippen LogP contribution in [0.2, 0.25) is 0 Å². The number of aryl methyl sites for hydroxylation is 1. The first-order chi connectivity index (χ1) is 8.10. The van der Waals surface area contributed by atoms with Gasteiger partial charge < -0.3 is 10.3 Å². The van der Waals surface area contributed by atoms with E-state index in [-0.39, 0.29) is 17.3 Å². The molecule has 1 aromatic carbocycles.